The van der Waals surface area contributed by atoms with Gasteiger partial charge in [0.05, 0.1) is 29.7 Å². The van der Waals surface area contributed by atoms with Gasteiger partial charge in [-0.3, -0.25) is 9.59 Å². The molecule has 6 nitrogen and oxygen atoms in total. The van der Waals surface area contributed by atoms with E-state index in [2.05, 4.69) is 5.32 Å². The van der Waals surface area contributed by atoms with E-state index in [-0.39, 0.29) is 34.4 Å². The standard InChI is InChI=1S/C30H28ClNO5/c1-17-25(29(35)36-12-11-18-7-5-4-6-8-18)26(27-22(32-17)14-30(2,3)15-23(27)33)21-16-37-24-10-9-19(31)13-20(24)28(21)34/h4-10,13,16,26,32H,11-12,14-15H2,1-3H3. The summed E-state index contributed by atoms with van der Waals surface area (Å²) in [7, 11) is 0. The molecule has 0 spiro atoms. The third-order valence-corrected chi connectivity index (χ3v) is 7.23. The molecule has 2 aromatic carbocycles. The highest BCUT2D eigenvalue weighted by Crippen LogP contribution is 2.46. The Balaban J connectivity index is 1.58. The zero-order chi connectivity index (χ0) is 26.3. The van der Waals surface area contributed by atoms with Crippen molar-refractivity contribution in [3.63, 3.8) is 0 Å². The molecule has 0 radical (unpaired) electrons. The number of Topliss-reactive ketones (excluding diaryl/α,β-unsaturated/α-hetero) is 1. The van der Waals surface area contributed by atoms with E-state index in [1.807, 2.05) is 44.2 Å². The first kappa shape index (κ1) is 25.0. The average Bonchev–Trinajstić information content (AvgIpc) is 2.83. The van der Waals surface area contributed by atoms with Gasteiger partial charge in [-0.25, -0.2) is 4.79 Å². The lowest BCUT2D eigenvalue weighted by atomic mass is 9.68. The molecule has 1 aromatic heterocycles. The van der Waals surface area contributed by atoms with Gasteiger partial charge in [-0.2, -0.15) is 0 Å². The van der Waals surface area contributed by atoms with Crippen molar-refractivity contribution in [3.05, 3.63) is 104 Å². The lowest BCUT2D eigenvalue weighted by Gasteiger charge is -2.39. The van der Waals surface area contributed by atoms with Crippen molar-refractivity contribution in [2.75, 3.05) is 6.61 Å². The van der Waals surface area contributed by atoms with Crippen molar-refractivity contribution < 1.29 is 18.7 Å². The molecular weight excluding hydrogens is 490 g/mol. The van der Waals surface area contributed by atoms with Crippen LogP contribution in [0.4, 0.5) is 0 Å². The van der Waals surface area contributed by atoms with E-state index in [0.717, 1.165) is 11.3 Å². The van der Waals surface area contributed by atoms with E-state index in [9.17, 15) is 14.4 Å². The fourth-order valence-corrected chi connectivity index (χ4v) is 5.49. The van der Waals surface area contributed by atoms with Crippen molar-refractivity contribution in [2.45, 2.75) is 46.0 Å². The van der Waals surface area contributed by atoms with Gasteiger partial charge < -0.3 is 14.5 Å². The van der Waals surface area contributed by atoms with Gasteiger partial charge >= 0.3 is 5.97 Å². The second-order valence-electron chi connectivity index (χ2n) is 10.5. The molecule has 1 aliphatic heterocycles. The number of esters is 1. The van der Waals surface area contributed by atoms with Crippen LogP contribution in [0.5, 0.6) is 0 Å². The third-order valence-electron chi connectivity index (χ3n) is 7.00. The van der Waals surface area contributed by atoms with Crippen LogP contribution in [0.1, 0.15) is 50.7 Å². The number of hydrogen-bond acceptors (Lipinski definition) is 6. The highest BCUT2D eigenvalue weighted by Gasteiger charge is 2.44. The summed E-state index contributed by atoms with van der Waals surface area (Å²) in [4.78, 5) is 40.7. The van der Waals surface area contributed by atoms with Crippen LogP contribution >= 0.6 is 11.6 Å². The van der Waals surface area contributed by atoms with E-state index < -0.39 is 11.9 Å². The van der Waals surface area contributed by atoms with Crippen molar-refractivity contribution >= 4 is 34.3 Å². The Morgan fingerprint density at radius 2 is 1.89 bits per heavy atom. The quantitative estimate of drug-likeness (QED) is 0.428. The normalized spacial score (nSPS) is 19.0. The van der Waals surface area contributed by atoms with Gasteiger partial charge in [0, 0.05) is 40.4 Å². The summed E-state index contributed by atoms with van der Waals surface area (Å²) >= 11 is 6.17. The van der Waals surface area contributed by atoms with Gasteiger partial charge in [-0.05, 0) is 42.5 Å². The Bertz CT molecular complexity index is 1530. The van der Waals surface area contributed by atoms with Gasteiger partial charge in [0.25, 0.3) is 0 Å². The molecule has 7 heteroatoms. The fourth-order valence-electron chi connectivity index (χ4n) is 5.32. The van der Waals surface area contributed by atoms with Gasteiger partial charge in [0.1, 0.15) is 5.58 Å². The van der Waals surface area contributed by atoms with Gasteiger partial charge in [0.2, 0.25) is 0 Å². The van der Waals surface area contributed by atoms with Crippen LogP contribution in [0, 0.1) is 5.41 Å². The van der Waals surface area contributed by atoms with Crippen LogP contribution in [-0.4, -0.2) is 18.4 Å². The topological polar surface area (TPSA) is 85.6 Å². The van der Waals surface area contributed by atoms with Gasteiger partial charge in [-0.15, -0.1) is 0 Å². The number of benzene rings is 2. The van der Waals surface area contributed by atoms with Crippen LogP contribution in [0.2, 0.25) is 5.02 Å². The lowest BCUT2D eigenvalue weighted by Crippen LogP contribution is -2.39. The maximum absolute atomic E-state index is 13.7. The molecule has 2 heterocycles. The van der Waals surface area contributed by atoms with Crippen LogP contribution < -0.4 is 10.7 Å². The molecule has 1 unspecified atom stereocenters. The Hall–Kier alpha value is -3.64. The number of carbonyl (C=O) groups excluding carboxylic acids is 2. The number of allylic oxidation sites excluding steroid dienone is 3. The van der Waals surface area contributed by atoms with E-state index in [1.54, 1.807) is 25.1 Å². The maximum Gasteiger partial charge on any atom is 0.336 e. The van der Waals surface area contributed by atoms with Crippen LogP contribution in [-0.2, 0) is 20.7 Å². The Kier molecular flexibility index (Phi) is 6.54. The van der Waals surface area contributed by atoms with E-state index in [1.165, 1.54) is 6.26 Å². The second-order valence-corrected chi connectivity index (χ2v) is 10.9. The number of fused-ring (bicyclic) bond motifs is 1. The van der Waals surface area contributed by atoms with Crippen molar-refractivity contribution in [2.24, 2.45) is 5.41 Å². The number of ketones is 1. The van der Waals surface area contributed by atoms with Gasteiger partial charge in [-0.1, -0.05) is 55.8 Å². The summed E-state index contributed by atoms with van der Waals surface area (Å²) in [5, 5.41) is 3.98. The Morgan fingerprint density at radius 3 is 2.65 bits per heavy atom. The number of carbonyl (C=O) groups is 2. The number of hydrogen-bond donors (Lipinski definition) is 1. The molecule has 1 N–H and O–H groups in total. The van der Waals surface area contributed by atoms with Crippen LogP contribution in [0.15, 0.2) is 86.5 Å². The molecule has 190 valence electrons. The van der Waals surface area contributed by atoms with Crippen LogP contribution in [0.25, 0.3) is 11.0 Å². The number of nitrogens with one attached hydrogen (secondary N) is 1. The highest BCUT2D eigenvalue weighted by atomic mass is 35.5. The minimum atomic E-state index is -0.899. The minimum Gasteiger partial charge on any atom is -0.464 e. The van der Waals surface area contributed by atoms with E-state index >= 15 is 0 Å². The molecule has 0 fully saturated rings. The summed E-state index contributed by atoms with van der Waals surface area (Å²) in [6.07, 6.45) is 2.83. The van der Waals surface area contributed by atoms with Gasteiger partial charge in [0.15, 0.2) is 11.2 Å². The first-order valence-electron chi connectivity index (χ1n) is 12.3. The monoisotopic (exact) mass is 517 g/mol. The molecule has 37 heavy (non-hydrogen) atoms. The predicted octanol–water partition coefficient (Wildman–Crippen LogP) is 5.84. The first-order valence-corrected chi connectivity index (χ1v) is 12.7. The highest BCUT2D eigenvalue weighted by molar-refractivity contribution is 6.31. The Morgan fingerprint density at radius 1 is 1.14 bits per heavy atom. The molecule has 5 rings (SSSR count). The van der Waals surface area contributed by atoms with Crippen molar-refractivity contribution in [3.8, 4) is 0 Å². The molecular formula is C30H28ClNO5. The zero-order valence-electron chi connectivity index (χ0n) is 21.0. The molecule has 0 bridgehead atoms. The van der Waals surface area contributed by atoms with Crippen LogP contribution in [0.3, 0.4) is 0 Å². The number of dihydropyridines is 1. The Labute approximate surface area is 220 Å². The summed E-state index contributed by atoms with van der Waals surface area (Å²) in [5.41, 5.74) is 3.02. The molecule has 2 aliphatic rings. The van der Waals surface area contributed by atoms with Crippen molar-refractivity contribution in [1.82, 2.24) is 5.32 Å². The predicted molar refractivity (Wildman–Crippen MR) is 142 cm³/mol. The summed E-state index contributed by atoms with van der Waals surface area (Å²) in [5.74, 6) is -1.57. The molecule has 1 aliphatic carbocycles. The smallest absolute Gasteiger partial charge is 0.336 e. The second kappa shape index (κ2) is 9.67. The summed E-state index contributed by atoms with van der Waals surface area (Å²) in [6.45, 7) is 6.01. The minimum absolute atomic E-state index is 0.101. The van der Waals surface area contributed by atoms with Crippen molar-refractivity contribution in [1.29, 1.82) is 0 Å². The molecule has 3 aromatic rings. The fraction of sp³-hybridized carbons (Fsp3) is 0.300. The molecule has 0 saturated heterocycles. The largest absolute Gasteiger partial charge is 0.464 e. The van der Waals surface area contributed by atoms with E-state index in [4.69, 9.17) is 20.8 Å². The maximum atomic E-state index is 13.7. The lowest BCUT2D eigenvalue weighted by molar-refractivity contribution is -0.139. The first-order chi connectivity index (χ1) is 17.6. The number of ether oxygens (including phenoxy) is 1. The number of halogens is 1. The summed E-state index contributed by atoms with van der Waals surface area (Å²) < 4.78 is 11.5. The average molecular weight is 518 g/mol. The summed E-state index contributed by atoms with van der Waals surface area (Å²) in [6, 6.07) is 14.5. The molecule has 0 saturated carbocycles. The molecule has 0 amide bonds. The SMILES string of the molecule is CC1=C(C(=O)OCCc2ccccc2)C(c2coc3ccc(Cl)cc3c2=O)C2=C(CC(C)(C)CC2=O)N1. The number of rotatable bonds is 5. The molecule has 1 atom stereocenters. The third kappa shape index (κ3) is 4.86. The van der Waals surface area contributed by atoms with E-state index in [0.29, 0.717) is 46.5 Å². The zero-order valence-corrected chi connectivity index (χ0v) is 21.8.